The third-order valence-electron chi connectivity index (χ3n) is 3.10. The van der Waals surface area contributed by atoms with Gasteiger partial charge in [-0.15, -0.1) is 0 Å². The van der Waals surface area contributed by atoms with Crippen LogP contribution in [-0.4, -0.2) is 5.11 Å². The largest absolute Gasteiger partial charge is 0.389 e. The molecule has 102 valence electrons. The molecular weight excluding hydrogens is 232 g/mol. The Morgan fingerprint density at radius 2 is 1.53 bits per heavy atom. The number of benzene rings is 2. The maximum Gasteiger partial charge on any atom is 0.0761 e. The minimum Gasteiger partial charge on any atom is -0.389 e. The summed E-state index contributed by atoms with van der Waals surface area (Å²) < 4.78 is 0. The minimum atomic E-state index is -0.398. The highest BCUT2D eigenvalue weighted by Gasteiger charge is 2.04. The van der Waals surface area contributed by atoms with Crippen LogP contribution in [0.1, 0.15) is 44.9 Å². The van der Waals surface area contributed by atoms with E-state index in [1.807, 2.05) is 26.0 Å². The summed E-state index contributed by atoms with van der Waals surface area (Å²) in [5.74, 6) is 0. The average molecular weight is 256 g/mol. The Hall–Kier alpha value is -1.60. The zero-order valence-corrected chi connectivity index (χ0v) is 12.4. The smallest absolute Gasteiger partial charge is 0.0761 e. The SMILES string of the molecule is CC.CCc1ccccc1-c1ccc(C(C)O)cc1. The molecule has 0 aliphatic carbocycles. The number of aliphatic hydroxyl groups is 1. The maximum atomic E-state index is 9.49. The quantitative estimate of drug-likeness (QED) is 0.819. The number of hydrogen-bond acceptors (Lipinski definition) is 1. The van der Waals surface area contributed by atoms with Gasteiger partial charge in [0, 0.05) is 0 Å². The van der Waals surface area contributed by atoms with Gasteiger partial charge < -0.3 is 5.11 Å². The Balaban J connectivity index is 0.000000861. The first-order chi connectivity index (χ1) is 9.22. The summed E-state index contributed by atoms with van der Waals surface area (Å²) in [6.45, 7) is 7.96. The second-order valence-corrected chi connectivity index (χ2v) is 4.31. The van der Waals surface area contributed by atoms with Crippen LogP contribution >= 0.6 is 0 Å². The summed E-state index contributed by atoms with van der Waals surface area (Å²) in [6, 6.07) is 16.6. The molecule has 2 aromatic rings. The van der Waals surface area contributed by atoms with Gasteiger partial charge in [-0.2, -0.15) is 0 Å². The highest BCUT2D eigenvalue weighted by Crippen LogP contribution is 2.25. The number of rotatable bonds is 3. The Kier molecular flexibility index (Phi) is 6.31. The van der Waals surface area contributed by atoms with Crippen LogP contribution in [0, 0.1) is 0 Å². The van der Waals surface area contributed by atoms with Crippen LogP contribution < -0.4 is 0 Å². The lowest BCUT2D eigenvalue weighted by atomic mass is 9.97. The van der Waals surface area contributed by atoms with Gasteiger partial charge in [0.2, 0.25) is 0 Å². The van der Waals surface area contributed by atoms with E-state index >= 15 is 0 Å². The van der Waals surface area contributed by atoms with Gasteiger partial charge in [0.1, 0.15) is 0 Å². The molecule has 0 amide bonds. The van der Waals surface area contributed by atoms with E-state index in [0.717, 1.165) is 12.0 Å². The van der Waals surface area contributed by atoms with Crippen molar-refractivity contribution in [3.05, 3.63) is 59.7 Å². The third kappa shape index (κ3) is 3.93. The summed E-state index contributed by atoms with van der Waals surface area (Å²) in [4.78, 5) is 0. The molecule has 1 heteroatoms. The fraction of sp³-hybridized carbons (Fsp3) is 0.333. The molecule has 0 aromatic heterocycles. The molecule has 1 N–H and O–H groups in total. The van der Waals surface area contributed by atoms with Crippen LogP contribution in [0.25, 0.3) is 11.1 Å². The summed E-state index contributed by atoms with van der Waals surface area (Å²) in [5.41, 5.74) is 4.82. The molecule has 0 bridgehead atoms. The van der Waals surface area contributed by atoms with Gasteiger partial charge in [-0.1, -0.05) is 69.3 Å². The third-order valence-corrected chi connectivity index (χ3v) is 3.10. The first-order valence-corrected chi connectivity index (χ1v) is 7.08. The molecule has 1 unspecified atom stereocenters. The second kappa shape index (κ2) is 7.75. The number of hydrogen-bond donors (Lipinski definition) is 1. The van der Waals surface area contributed by atoms with Crippen molar-refractivity contribution in [1.82, 2.24) is 0 Å². The summed E-state index contributed by atoms with van der Waals surface area (Å²) in [6.07, 6.45) is 0.638. The Morgan fingerprint density at radius 1 is 0.947 bits per heavy atom. The van der Waals surface area contributed by atoms with Crippen molar-refractivity contribution >= 4 is 0 Å². The van der Waals surface area contributed by atoms with Gasteiger partial charge in [0.15, 0.2) is 0 Å². The highest BCUT2D eigenvalue weighted by atomic mass is 16.3. The van der Waals surface area contributed by atoms with Crippen molar-refractivity contribution in [2.45, 2.75) is 40.2 Å². The Morgan fingerprint density at radius 3 is 2.05 bits per heavy atom. The normalized spacial score (nSPS) is 11.4. The first kappa shape index (κ1) is 15.5. The summed E-state index contributed by atoms with van der Waals surface area (Å²) >= 11 is 0. The van der Waals surface area contributed by atoms with Crippen molar-refractivity contribution in [2.24, 2.45) is 0 Å². The van der Waals surface area contributed by atoms with Crippen molar-refractivity contribution in [3.63, 3.8) is 0 Å². The van der Waals surface area contributed by atoms with Crippen LogP contribution in [0.2, 0.25) is 0 Å². The Bertz CT molecular complexity index is 483. The van der Waals surface area contributed by atoms with E-state index in [1.54, 1.807) is 6.92 Å². The van der Waals surface area contributed by atoms with E-state index < -0.39 is 6.10 Å². The fourth-order valence-corrected chi connectivity index (χ4v) is 2.05. The van der Waals surface area contributed by atoms with Crippen molar-refractivity contribution in [1.29, 1.82) is 0 Å². The van der Waals surface area contributed by atoms with Crippen LogP contribution in [0.4, 0.5) is 0 Å². The average Bonchev–Trinajstić information content (AvgIpc) is 2.49. The summed E-state index contributed by atoms with van der Waals surface area (Å²) in [5, 5.41) is 9.49. The van der Waals surface area contributed by atoms with E-state index in [-0.39, 0.29) is 0 Å². The molecule has 0 aliphatic rings. The van der Waals surface area contributed by atoms with Crippen LogP contribution in [0.3, 0.4) is 0 Å². The molecule has 19 heavy (non-hydrogen) atoms. The molecule has 0 saturated carbocycles. The molecule has 2 rings (SSSR count). The maximum absolute atomic E-state index is 9.49. The van der Waals surface area contributed by atoms with Crippen molar-refractivity contribution in [2.75, 3.05) is 0 Å². The Labute approximate surface area is 116 Å². The monoisotopic (exact) mass is 256 g/mol. The highest BCUT2D eigenvalue weighted by molar-refractivity contribution is 5.67. The molecule has 0 spiro atoms. The molecule has 0 heterocycles. The lowest BCUT2D eigenvalue weighted by Crippen LogP contribution is -1.91. The van der Waals surface area contributed by atoms with Crippen LogP contribution in [0.5, 0.6) is 0 Å². The predicted molar refractivity (Wildman–Crippen MR) is 83.2 cm³/mol. The van der Waals surface area contributed by atoms with Gasteiger partial charge in [-0.3, -0.25) is 0 Å². The lowest BCUT2D eigenvalue weighted by molar-refractivity contribution is 0.199. The number of aliphatic hydroxyl groups excluding tert-OH is 1. The van der Waals surface area contributed by atoms with Gasteiger partial charge >= 0.3 is 0 Å². The molecular formula is C18H24O. The predicted octanol–water partition coefficient (Wildman–Crippen LogP) is 5.00. The fourth-order valence-electron chi connectivity index (χ4n) is 2.05. The van der Waals surface area contributed by atoms with E-state index in [2.05, 4.69) is 43.3 Å². The van der Waals surface area contributed by atoms with E-state index in [1.165, 1.54) is 16.7 Å². The lowest BCUT2D eigenvalue weighted by Gasteiger charge is -2.09. The number of aryl methyl sites for hydroxylation is 1. The molecule has 0 radical (unpaired) electrons. The second-order valence-electron chi connectivity index (χ2n) is 4.31. The van der Waals surface area contributed by atoms with Gasteiger partial charge in [-0.05, 0) is 35.6 Å². The van der Waals surface area contributed by atoms with Crippen LogP contribution in [0.15, 0.2) is 48.5 Å². The van der Waals surface area contributed by atoms with E-state index in [4.69, 9.17) is 0 Å². The zero-order chi connectivity index (χ0) is 14.3. The van der Waals surface area contributed by atoms with Gasteiger partial charge in [0.25, 0.3) is 0 Å². The topological polar surface area (TPSA) is 20.2 Å². The van der Waals surface area contributed by atoms with E-state index in [0.29, 0.717) is 0 Å². The molecule has 1 nitrogen and oxygen atoms in total. The van der Waals surface area contributed by atoms with Gasteiger partial charge in [-0.25, -0.2) is 0 Å². The zero-order valence-electron chi connectivity index (χ0n) is 12.4. The first-order valence-electron chi connectivity index (χ1n) is 7.08. The standard InChI is InChI=1S/C16H18O.C2H6/c1-3-13-6-4-5-7-16(13)15-10-8-14(9-11-15)12(2)17;1-2/h4-12,17H,3H2,1-2H3;1-2H3. The van der Waals surface area contributed by atoms with Gasteiger partial charge in [0.05, 0.1) is 6.10 Å². The molecule has 2 aromatic carbocycles. The molecule has 1 atom stereocenters. The molecule has 0 fully saturated rings. The molecule has 0 saturated heterocycles. The van der Waals surface area contributed by atoms with Crippen molar-refractivity contribution < 1.29 is 5.11 Å². The summed E-state index contributed by atoms with van der Waals surface area (Å²) in [7, 11) is 0. The van der Waals surface area contributed by atoms with Crippen LogP contribution in [-0.2, 0) is 6.42 Å². The van der Waals surface area contributed by atoms with E-state index in [9.17, 15) is 5.11 Å². The molecule has 0 aliphatic heterocycles. The van der Waals surface area contributed by atoms with Crippen molar-refractivity contribution in [3.8, 4) is 11.1 Å². The minimum absolute atomic E-state index is 0.398.